The summed E-state index contributed by atoms with van der Waals surface area (Å²) in [6.07, 6.45) is 0.522. The summed E-state index contributed by atoms with van der Waals surface area (Å²) in [7, 11) is 0. The number of carbonyl (C=O) groups is 1. The van der Waals surface area contributed by atoms with Crippen LogP contribution in [-0.2, 0) is 11.3 Å². The standard InChI is InChI=1S/C11H18N6O/c1-8-6-9(16-12)15-10(14-8)7-17-4-2-11(18)13-3-5-17/h6H,2-5,7,12H2,1H3,(H,13,18)(H,14,15,16). The van der Waals surface area contributed by atoms with Crippen LogP contribution in [0, 0.1) is 6.92 Å². The van der Waals surface area contributed by atoms with E-state index in [0.29, 0.717) is 25.3 Å². The molecule has 1 aliphatic rings. The van der Waals surface area contributed by atoms with Gasteiger partial charge in [-0.1, -0.05) is 0 Å². The summed E-state index contributed by atoms with van der Waals surface area (Å²) in [6.45, 7) is 4.75. The van der Waals surface area contributed by atoms with Crippen LogP contribution in [-0.4, -0.2) is 40.4 Å². The Kier molecular flexibility index (Phi) is 4.06. The lowest BCUT2D eigenvalue weighted by Crippen LogP contribution is -2.29. The molecule has 7 heteroatoms. The van der Waals surface area contributed by atoms with E-state index < -0.39 is 0 Å². The van der Waals surface area contributed by atoms with Crippen LogP contribution in [0.3, 0.4) is 0 Å². The quantitative estimate of drug-likeness (QED) is 0.489. The zero-order valence-electron chi connectivity index (χ0n) is 10.4. The molecule has 0 spiro atoms. The smallest absolute Gasteiger partial charge is 0.221 e. The molecule has 7 nitrogen and oxygen atoms in total. The molecule has 1 aromatic rings. The number of nitrogens with one attached hydrogen (secondary N) is 2. The van der Waals surface area contributed by atoms with E-state index in [1.807, 2.05) is 6.92 Å². The maximum absolute atomic E-state index is 11.2. The van der Waals surface area contributed by atoms with E-state index in [1.54, 1.807) is 6.07 Å². The minimum atomic E-state index is 0.104. The van der Waals surface area contributed by atoms with Crippen LogP contribution >= 0.6 is 0 Å². The predicted octanol–water partition coefficient (Wildman–Crippen LogP) is -0.607. The number of aromatic nitrogens is 2. The zero-order valence-corrected chi connectivity index (χ0v) is 10.4. The number of carbonyl (C=O) groups excluding carboxylic acids is 1. The molecule has 0 unspecified atom stereocenters. The number of hydrogen-bond donors (Lipinski definition) is 3. The number of nitrogen functional groups attached to an aromatic ring is 1. The molecular formula is C11H18N6O. The fraction of sp³-hybridized carbons (Fsp3) is 0.545. The molecule has 1 saturated heterocycles. The van der Waals surface area contributed by atoms with Gasteiger partial charge in [0.1, 0.15) is 11.6 Å². The number of nitrogens with zero attached hydrogens (tertiary/aromatic N) is 3. The monoisotopic (exact) mass is 250 g/mol. The molecule has 4 N–H and O–H groups in total. The third-order valence-electron chi connectivity index (χ3n) is 2.82. The molecule has 0 aliphatic carbocycles. The van der Waals surface area contributed by atoms with Crippen molar-refractivity contribution in [3.05, 3.63) is 17.6 Å². The van der Waals surface area contributed by atoms with Crippen LogP contribution < -0.4 is 16.6 Å². The fourth-order valence-electron chi connectivity index (χ4n) is 1.95. The van der Waals surface area contributed by atoms with Crippen molar-refractivity contribution in [3.8, 4) is 0 Å². The number of aryl methyl sites for hydroxylation is 1. The second-order valence-electron chi connectivity index (χ2n) is 4.33. The fourth-order valence-corrected chi connectivity index (χ4v) is 1.95. The van der Waals surface area contributed by atoms with E-state index in [1.165, 1.54) is 0 Å². The first kappa shape index (κ1) is 12.7. The van der Waals surface area contributed by atoms with E-state index in [4.69, 9.17) is 5.84 Å². The van der Waals surface area contributed by atoms with E-state index in [9.17, 15) is 4.79 Å². The molecule has 1 fully saturated rings. The molecule has 0 aromatic carbocycles. The average Bonchev–Trinajstić information content (AvgIpc) is 2.54. The Morgan fingerprint density at radius 2 is 2.33 bits per heavy atom. The lowest BCUT2D eigenvalue weighted by molar-refractivity contribution is -0.120. The number of hydrogen-bond acceptors (Lipinski definition) is 6. The average molecular weight is 250 g/mol. The van der Waals surface area contributed by atoms with E-state index in [0.717, 1.165) is 24.6 Å². The molecule has 98 valence electrons. The molecular weight excluding hydrogens is 232 g/mol. The third kappa shape index (κ3) is 3.38. The largest absolute Gasteiger partial charge is 0.355 e. The topological polar surface area (TPSA) is 96.2 Å². The summed E-state index contributed by atoms with van der Waals surface area (Å²) < 4.78 is 0. The Bertz CT molecular complexity index is 436. The van der Waals surface area contributed by atoms with Gasteiger partial charge in [-0.15, -0.1) is 0 Å². The van der Waals surface area contributed by atoms with Gasteiger partial charge in [-0.25, -0.2) is 15.8 Å². The minimum absolute atomic E-state index is 0.104. The molecule has 0 bridgehead atoms. The van der Waals surface area contributed by atoms with Gasteiger partial charge in [-0.3, -0.25) is 9.69 Å². The Hall–Kier alpha value is -1.73. The Morgan fingerprint density at radius 1 is 1.50 bits per heavy atom. The summed E-state index contributed by atoms with van der Waals surface area (Å²) in [5.41, 5.74) is 3.40. The van der Waals surface area contributed by atoms with Crippen LogP contribution in [0.1, 0.15) is 17.9 Å². The van der Waals surface area contributed by atoms with Crippen molar-refractivity contribution in [2.75, 3.05) is 25.1 Å². The summed E-state index contributed by atoms with van der Waals surface area (Å²) in [6, 6.07) is 1.79. The van der Waals surface area contributed by atoms with Crippen LogP contribution in [0.15, 0.2) is 6.07 Å². The molecule has 1 aromatic heterocycles. The van der Waals surface area contributed by atoms with Crippen LogP contribution in [0.5, 0.6) is 0 Å². The van der Waals surface area contributed by atoms with Gasteiger partial charge in [0, 0.05) is 37.8 Å². The number of anilines is 1. The maximum atomic E-state index is 11.2. The second-order valence-corrected chi connectivity index (χ2v) is 4.33. The first-order valence-corrected chi connectivity index (χ1v) is 5.97. The SMILES string of the molecule is Cc1cc(NN)nc(CN2CCNC(=O)CC2)n1. The first-order valence-electron chi connectivity index (χ1n) is 5.97. The maximum Gasteiger partial charge on any atom is 0.221 e. The highest BCUT2D eigenvalue weighted by atomic mass is 16.1. The van der Waals surface area contributed by atoms with Crippen LogP contribution in [0.4, 0.5) is 5.82 Å². The van der Waals surface area contributed by atoms with Gasteiger partial charge in [-0.2, -0.15) is 0 Å². The van der Waals surface area contributed by atoms with Crippen molar-refractivity contribution in [2.45, 2.75) is 19.9 Å². The van der Waals surface area contributed by atoms with E-state index in [-0.39, 0.29) is 5.91 Å². The van der Waals surface area contributed by atoms with Crippen molar-refractivity contribution in [2.24, 2.45) is 5.84 Å². The highest BCUT2D eigenvalue weighted by molar-refractivity contribution is 5.76. The number of hydrazine groups is 1. The van der Waals surface area contributed by atoms with Gasteiger partial charge in [0.05, 0.1) is 6.54 Å². The predicted molar refractivity (Wildman–Crippen MR) is 67.5 cm³/mol. The van der Waals surface area contributed by atoms with Crippen LogP contribution in [0.2, 0.25) is 0 Å². The van der Waals surface area contributed by atoms with Gasteiger partial charge >= 0.3 is 0 Å². The summed E-state index contributed by atoms with van der Waals surface area (Å²) in [5, 5.41) is 2.84. The van der Waals surface area contributed by atoms with Crippen molar-refractivity contribution >= 4 is 11.7 Å². The lowest BCUT2D eigenvalue weighted by atomic mass is 10.3. The molecule has 1 amide bonds. The van der Waals surface area contributed by atoms with Gasteiger partial charge in [0.15, 0.2) is 0 Å². The van der Waals surface area contributed by atoms with E-state index in [2.05, 4.69) is 25.6 Å². The van der Waals surface area contributed by atoms with Gasteiger partial charge in [0.2, 0.25) is 5.91 Å². The Morgan fingerprint density at radius 3 is 3.11 bits per heavy atom. The Labute approximate surface area is 106 Å². The molecule has 1 aliphatic heterocycles. The number of nitrogens with two attached hydrogens (primary N) is 1. The summed E-state index contributed by atoms with van der Waals surface area (Å²) in [5.74, 6) is 6.79. The van der Waals surface area contributed by atoms with E-state index >= 15 is 0 Å². The van der Waals surface area contributed by atoms with Gasteiger partial charge < -0.3 is 10.7 Å². The van der Waals surface area contributed by atoms with Crippen molar-refractivity contribution < 1.29 is 4.79 Å². The molecule has 0 saturated carbocycles. The first-order chi connectivity index (χ1) is 8.67. The van der Waals surface area contributed by atoms with Gasteiger partial charge in [-0.05, 0) is 6.92 Å². The number of rotatable bonds is 3. The minimum Gasteiger partial charge on any atom is -0.355 e. The second kappa shape index (κ2) is 5.74. The molecule has 2 rings (SSSR count). The molecule has 2 heterocycles. The van der Waals surface area contributed by atoms with Crippen molar-refractivity contribution in [1.82, 2.24) is 20.2 Å². The molecule has 0 radical (unpaired) electrons. The summed E-state index contributed by atoms with van der Waals surface area (Å²) >= 11 is 0. The third-order valence-corrected chi connectivity index (χ3v) is 2.82. The van der Waals surface area contributed by atoms with Crippen molar-refractivity contribution in [1.29, 1.82) is 0 Å². The lowest BCUT2D eigenvalue weighted by Gasteiger charge is -2.18. The van der Waals surface area contributed by atoms with Gasteiger partial charge in [0.25, 0.3) is 0 Å². The van der Waals surface area contributed by atoms with Crippen molar-refractivity contribution in [3.63, 3.8) is 0 Å². The molecule has 18 heavy (non-hydrogen) atoms. The zero-order chi connectivity index (χ0) is 13.0. The molecule has 0 atom stereocenters. The Balaban J connectivity index is 2.04. The highest BCUT2D eigenvalue weighted by Crippen LogP contribution is 2.08. The highest BCUT2D eigenvalue weighted by Gasteiger charge is 2.14. The van der Waals surface area contributed by atoms with Crippen LogP contribution in [0.25, 0.3) is 0 Å². The number of amides is 1. The summed E-state index contributed by atoms with van der Waals surface area (Å²) in [4.78, 5) is 22.1. The normalized spacial score (nSPS) is 17.1.